The molecule has 2 rings (SSSR count). The molecule has 0 heteroatoms. The highest BCUT2D eigenvalue weighted by Crippen LogP contribution is 2.15. The summed E-state index contributed by atoms with van der Waals surface area (Å²) >= 11 is 0. The van der Waals surface area contributed by atoms with Crippen LogP contribution in [-0.4, -0.2) is 0 Å². The molecule has 0 aliphatic heterocycles. The Kier molecular flexibility index (Phi) is 7.93. The molecule has 0 radical (unpaired) electrons. The molecule has 0 aromatic heterocycles. The van der Waals surface area contributed by atoms with Gasteiger partial charge in [-0.1, -0.05) is 80.6 Å². The minimum atomic E-state index is 1.25. The first kappa shape index (κ1) is 17.8. The Morgan fingerprint density at radius 1 is 0.478 bits per heavy atom. The molecule has 0 bridgehead atoms. The van der Waals surface area contributed by atoms with Gasteiger partial charge in [-0.25, -0.2) is 0 Å². The standard InChI is InChI=1S/C23H32/c1-20-14-10-12-18-22(20)16-8-6-4-3-5-7-9-17-23-19-13-11-15-21(23)2/h10-15,18-19H,3-9,16-17H2,1-2H3. The summed E-state index contributed by atoms with van der Waals surface area (Å²) in [7, 11) is 0. The molecule has 0 unspecified atom stereocenters. The highest BCUT2D eigenvalue weighted by Gasteiger charge is 1.99. The molecule has 0 saturated heterocycles. The van der Waals surface area contributed by atoms with Crippen LogP contribution < -0.4 is 0 Å². The van der Waals surface area contributed by atoms with Crippen molar-refractivity contribution in [2.45, 2.75) is 71.6 Å². The molecule has 0 saturated carbocycles. The molecule has 0 atom stereocenters. The zero-order chi connectivity index (χ0) is 16.3. The average molecular weight is 309 g/mol. The molecule has 0 heterocycles. The number of benzene rings is 2. The van der Waals surface area contributed by atoms with Gasteiger partial charge >= 0.3 is 0 Å². The Morgan fingerprint density at radius 3 is 1.22 bits per heavy atom. The van der Waals surface area contributed by atoms with Gasteiger partial charge in [-0.05, 0) is 61.8 Å². The molecule has 0 aliphatic carbocycles. The van der Waals surface area contributed by atoms with Crippen molar-refractivity contribution in [2.75, 3.05) is 0 Å². The highest BCUT2D eigenvalue weighted by molar-refractivity contribution is 5.26. The zero-order valence-electron chi connectivity index (χ0n) is 15.0. The number of hydrogen-bond donors (Lipinski definition) is 0. The molecule has 0 aliphatic rings. The van der Waals surface area contributed by atoms with Crippen LogP contribution in [0.15, 0.2) is 48.5 Å². The highest BCUT2D eigenvalue weighted by atomic mass is 14.0. The van der Waals surface area contributed by atoms with E-state index in [0.29, 0.717) is 0 Å². The maximum atomic E-state index is 2.28. The van der Waals surface area contributed by atoms with Gasteiger partial charge in [-0.15, -0.1) is 0 Å². The monoisotopic (exact) mass is 308 g/mol. The zero-order valence-corrected chi connectivity index (χ0v) is 15.0. The van der Waals surface area contributed by atoms with Crippen LogP contribution in [0.1, 0.15) is 67.2 Å². The number of aryl methyl sites for hydroxylation is 4. The van der Waals surface area contributed by atoms with E-state index < -0.39 is 0 Å². The summed E-state index contributed by atoms with van der Waals surface area (Å²) < 4.78 is 0. The Morgan fingerprint density at radius 2 is 0.826 bits per heavy atom. The molecule has 0 N–H and O–H groups in total. The smallest absolute Gasteiger partial charge is 0.0276 e. The van der Waals surface area contributed by atoms with Gasteiger partial charge in [0, 0.05) is 0 Å². The van der Waals surface area contributed by atoms with Crippen molar-refractivity contribution in [2.24, 2.45) is 0 Å². The molecule has 0 nitrogen and oxygen atoms in total. The second kappa shape index (κ2) is 10.3. The van der Waals surface area contributed by atoms with Crippen molar-refractivity contribution < 1.29 is 0 Å². The lowest BCUT2D eigenvalue weighted by Gasteiger charge is -2.06. The summed E-state index contributed by atoms with van der Waals surface area (Å²) in [4.78, 5) is 0. The van der Waals surface area contributed by atoms with Crippen LogP contribution in [0.4, 0.5) is 0 Å². The lowest BCUT2D eigenvalue weighted by atomic mass is 10.00. The van der Waals surface area contributed by atoms with Crippen molar-refractivity contribution >= 4 is 0 Å². The third kappa shape index (κ3) is 6.60. The van der Waals surface area contributed by atoms with E-state index in [1.54, 1.807) is 0 Å². The minimum absolute atomic E-state index is 1.25. The first-order chi connectivity index (χ1) is 11.3. The summed E-state index contributed by atoms with van der Waals surface area (Å²) in [6.45, 7) is 4.45. The average Bonchev–Trinajstić information content (AvgIpc) is 2.56. The molecular weight excluding hydrogens is 276 g/mol. The van der Waals surface area contributed by atoms with Crippen molar-refractivity contribution in [3.8, 4) is 0 Å². The normalized spacial score (nSPS) is 10.9. The fourth-order valence-corrected chi connectivity index (χ4v) is 3.30. The topological polar surface area (TPSA) is 0 Å². The van der Waals surface area contributed by atoms with Crippen LogP contribution in [-0.2, 0) is 12.8 Å². The first-order valence-electron chi connectivity index (χ1n) is 9.36. The summed E-state index contributed by atoms with van der Waals surface area (Å²) in [5, 5.41) is 0. The second-order valence-electron chi connectivity index (χ2n) is 6.83. The molecule has 2 aromatic carbocycles. The minimum Gasteiger partial charge on any atom is -0.0620 e. The maximum absolute atomic E-state index is 2.28. The largest absolute Gasteiger partial charge is 0.0620 e. The first-order valence-corrected chi connectivity index (χ1v) is 9.36. The SMILES string of the molecule is Cc1ccccc1CCCCCCCCCc1ccccc1C. The predicted molar refractivity (Wildman–Crippen MR) is 102 cm³/mol. The van der Waals surface area contributed by atoms with Crippen LogP contribution >= 0.6 is 0 Å². The van der Waals surface area contributed by atoms with E-state index in [9.17, 15) is 0 Å². The Labute approximate surface area is 143 Å². The molecule has 0 spiro atoms. The van der Waals surface area contributed by atoms with Crippen LogP contribution in [0.3, 0.4) is 0 Å². The van der Waals surface area contributed by atoms with Gasteiger partial charge in [0.25, 0.3) is 0 Å². The summed E-state index contributed by atoms with van der Waals surface area (Å²) in [6.07, 6.45) is 12.1. The van der Waals surface area contributed by atoms with Crippen molar-refractivity contribution in [1.29, 1.82) is 0 Å². The van der Waals surface area contributed by atoms with Crippen LogP contribution in [0.25, 0.3) is 0 Å². The van der Waals surface area contributed by atoms with Gasteiger partial charge in [0.05, 0.1) is 0 Å². The van der Waals surface area contributed by atoms with Crippen LogP contribution in [0.2, 0.25) is 0 Å². The van der Waals surface area contributed by atoms with E-state index in [1.165, 1.54) is 80.0 Å². The number of rotatable bonds is 10. The van der Waals surface area contributed by atoms with E-state index >= 15 is 0 Å². The lowest BCUT2D eigenvalue weighted by molar-refractivity contribution is 0.578. The van der Waals surface area contributed by atoms with E-state index in [1.807, 2.05) is 0 Å². The second-order valence-corrected chi connectivity index (χ2v) is 6.83. The summed E-state index contributed by atoms with van der Waals surface area (Å²) in [6, 6.07) is 17.6. The van der Waals surface area contributed by atoms with Gasteiger partial charge in [-0.2, -0.15) is 0 Å². The van der Waals surface area contributed by atoms with Crippen LogP contribution in [0.5, 0.6) is 0 Å². The fourth-order valence-electron chi connectivity index (χ4n) is 3.30. The molecule has 0 amide bonds. The van der Waals surface area contributed by atoms with E-state index in [4.69, 9.17) is 0 Å². The molecule has 23 heavy (non-hydrogen) atoms. The Bertz CT molecular complexity index is 516. The van der Waals surface area contributed by atoms with Gasteiger partial charge in [-0.3, -0.25) is 0 Å². The van der Waals surface area contributed by atoms with Crippen molar-refractivity contribution in [3.05, 3.63) is 70.8 Å². The Hall–Kier alpha value is -1.56. The Balaban J connectivity index is 1.47. The predicted octanol–water partition coefficient (Wildman–Crippen LogP) is 6.82. The lowest BCUT2D eigenvalue weighted by Crippen LogP contribution is -1.91. The molecule has 2 aromatic rings. The van der Waals surface area contributed by atoms with E-state index in [-0.39, 0.29) is 0 Å². The van der Waals surface area contributed by atoms with Gasteiger partial charge < -0.3 is 0 Å². The molecule has 0 fully saturated rings. The number of unbranched alkanes of at least 4 members (excludes halogenated alkanes) is 6. The van der Waals surface area contributed by atoms with E-state index in [2.05, 4.69) is 62.4 Å². The van der Waals surface area contributed by atoms with Crippen molar-refractivity contribution in [1.82, 2.24) is 0 Å². The summed E-state index contributed by atoms with van der Waals surface area (Å²) in [5.41, 5.74) is 5.96. The molecule has 124 valence electrons. The molecular formula is C23H32. The quantitative estimate of drug-likeness (QED) is 0.422. The summed E-state index contributed by atoms with van der Waals surface area (Å²) in [5.74, 6) is 0. The van der Waals surface area contributed by atoms with Crippen LogP contribution in [0, 0.1) is 13.8 Å². The van der Waals surface area contributed by atoms with Crippen molar-refractivity contribution in [3.63, 3.8) is 0 Å². The number of hydrogen-bond acceptors (Lipinski definition) is 0. The van der Waals surface area contributed by atoms with E-state index in [0.717, 1.165) is 0 Å². The fraction of sp³-hybridized carbons (Fsp3) is 0.478. The maximum Gasteiger partial charge on any atom is -0.0276 e. The van der Waals surface area contributed by atoms with Gasteiger partial charge in [0.1, 0.15) is 0 Å². The third-order valence-corrected chi connectivity index (χ3v) is 4.91. The third-order valence-electron chi connectivity index (χ3n) is 4.91. The van der Waals surface area contributed by atoms with Gasteiger partial charge in [0.2, 0.25) is 0 Å². The van der Waals surface area contributed by atoms with Gasteiger partial charge in [0.15, 0.2) is 0 Å².